The van der Waals surface area contributed by atoms with Crippen molar-refractivity contribution in [3.05, 3.63) is 71.6 Å². The van der Waals surface area contributed by atoms with Gasteiger partial charge in [-0.15, -0.1) is 13.2 Å². The summed E-state index contributed by atoms with van der Waals surface area (Å²) in [6.07, 6.45) is 3.65. The summed E-state index contributed by atoms with van der Waals surface area (Å²) < 4.78 is 46.3. The maximum absolute atomic E-state index is 12.3. The molecule has 8 heteroatoms. The molecule has 1 atom stereocenters. The van der Waals surface area contributed by atoms with E-state index < -0.39 is 6.36 Å². The van der Waals surface area contributed by atoms with Crippen LogP contribution in [0.15, 0.2) is 64.7 Å². The largest absolute Gasteiger partial charge is 0.573 e. The molecule has 1 aliphatic carbocycles. The number of hydrogen-bond acceptors (Lipinski definition) is 5. The number of aryl methyl sites for hydroxylation is 1. The van der Waals surface area contributed by atoms with Gasteiger partial charge in [-0.2, -0.15) is 4.98 Å². The van der Waals surface area contributed by atoms with E-state index in [2.05, 4.69) is 64.2 Å². The highest BCUT2D eigenvalue weighted by molar-refractivity contribution is 5.57. The van der Waals surface area contributed by atoms with Crippen molar-refractivity contribution in [2.75, 3.05) is 14.1 Å². The Balaban J connectivity index is 1.33. The van der Waals surface area contributed by atoms with Gasteiger partial charge in [-0.25, -0.2) is 0 Å². The van der Waals surface area contributed by atoms with Crippen molar-refractivity contribution in [2.45, 2.75) is 50.9 Å². The van der Waals surface area contributed by atoms with Crippen molar-refractivity contribution < 1.29 is 22.4 Å². The first-order valence-electron chi connectivity index (χ1n) is 11.9. The summed E-state index contributed by atoms with van der Waals surface area (Å²) in [7, 11) is 4.34. The molecule has 1 aliphatic rings. The molecule has 5 nitrogen and oxygen atoms in total. The number of benzene rings is 2. The molecule has 0 aliphatic heterocycles. The highest BCUT2D eigenvalue weighted by Gasteiger charge is 2.31. The van der Waals surface area contributed by atoms with Crippen LogP contribution in [0, 0.1) is 5.92 Å². The van der Waals surface area contributed by atoms with Crippen molar-refractivity contribution in [2.24, 2.45) is 5.92 Å². The third-order valence-electron chi connectivity index (χ3n) is 6.57. The van der Waals surface area contributed by atoms with Gasteiger partial charge in [-0.3, -0.25) is 0 Å². The van der Waals surface area contributed by atoms with E-state index >= 15 is 0 Å². The Bertz CT molecular complexity index is 1100. The second kappa shape index (κ2) is 11.1. The molecule has 0 spiro atoms. The molecule has 0 radical (unpaired) electrons. The van der Waals surface area contributed by atoms with Gasteiger partial charge in [0.05, 0.1) is 0 Å². The predicted molar refractivity (Wildman–Crippen MR) is 129 cm³/mol. The Labute approximate surface area is 203 Å². The van der Waals surface area contributed by atoms with Crippen LogP contribution in [0.2, 0.25) is 0 Å². The summed E-state index contributed by atoms with van der Waals surface area (Å²) in [5.41, 5.74) is 3.22. The molecule has 1 unspecified atom stereocenters. The predicted octanol–water partition coefficient (Wildman–Crippen LogP) is 6.77. The van der Waals surface area contributed by atoms with Crippen molar-refractivity contribution >= 4 is 6.08 Å². The third-order valence-corrected chi connectivity index (χ3v) is 6.57. The number of aromatic nitrogens is 2. The first kappa shape index (κ1) is 25.0. The minimum Gasteiger partial charge on any atom is -0.406 e. The van der Waals surface area contributed by atoms with Crippen LogP contribution in [0.5, 0.6) is 5.75 Å². The number of alkyl halides is 3. The van der Waals surface area contributed by atoms with E-state index in [1.165, 1.54) is 35.4 Å². The molecule has 0 saturated heterocycles. The lowest BCUT2D eigenvalue weighted by atomic mass is 9.79. The van der Waals surface area contributed by atoms with Crippen LogP contribution in [0.1, 0.15) is 43.6 Å². The quantitative estimate of drug-likeness (QED) is 0.352. The molecule has 0 amide bonds. The van der Waals surface area contributed by atoms with Gasteiger partial charge in [-0.05, 0) is 88.4 Å². The Morgan fingerprint density at radius 1 is 1.06 bits per heavy atom. The van der Waals surface area contributed by atoms with Crippen LogP contribution in [0.25, 0.3) is 17.5 Å². The van der Waals surface area contributed by atoms with Gasteiger partial charge in [0.15, 0.2) is 0 Å². The zero-order valence-electron chi connectivity index (χ0n) is 20.0. The fraction of sp³-hybridized carbons (Fsp3) is 0.407. The van der Waals surface area contributed by atoms with Crippen LogP contribution in [-0.2, 0) is 6.42 Å². The summed E-state index contributed by atoms with van der Waals surface area (Å²) in [5, 5.41) is 3.98. The molecule has 0 bridgehead atoms. The van der Waals surface area contributed by atoms with E-state index in [0.29, 0.717) is 29.2 Å². The molecule has 2 aromatic carbocycles. The number of halogens is 3. The fourth-order valence-corrected chi connectivity index (χ4v) is 4.81. The molecular weight excluding hydrogens is 455 g/mol. The molecule has 0 N–H and O–H groups in total. The monoisotopic (exact) mass is 485 g/mol. The molecule has 3 aromatic rings. The summed E-state index contributed by atoms with van der Waals surface area (Å²) in [4.78, 5) is 6.76. The summed E-state index contributed by atoms with van der Waals surface area (Å²) in [5.74, 6) is 1.10. The van der Waals surface area contributed by atoms with Gasteiger partial charge in [0.1, 0.15) is 5.75 Å². The minimum absolute atomic E-state index is 0.288. The zero-order valence-corrected chi connectivity index (χ0v) is 20.0. The fourth-order valence-electron chi connectivity index (χ4n) is 4.81. The second-order valence-corrected chi connectivity index (χ2v) is 9.22. The first-order valence-corrected chi connectivity index (χ1v) is 11.9. The molecular formula is C27H30F3N3O2. The zero-order chi connectivity index (χ0) is 24.8. The van der Waals surface area contributed by atoms with Gasteiger partial charge in [0.2, 0.25) is 5.82 Å². The Hall–Kier alpha value is -3.13. The summed E-state index contributed by atoms with van der Waals surface area (Å²) in [6, 6.07) is 16.6. The van der Waals surface area contributed by atoms with Crippen molar-refractivity contribution in [3.8, 4) is 17.1 Å². The van der Waals surface area contributed by atoms with Crippen LogP contribution in [-0.4, -0.2) is 41.5 Å². The van der Waals surface area contributed by atoms with Crippen LogP contribution in [0.3, 0.4) is 0 Å². The van der Waals surface area contributed by atoms with Gasteiger partial charge in [-0.1, -0.05) is 41.1 Å². The SMILES string of the molecule is CN(C)C(CCc1ccccc1)C1CCC(=Cc2nc(-c3ccc(OC(F)(F)F)cc3)no2)CC1. The lowest BCUT2D eigenvalue weighted by molar-refractivity contribution is -0.274. The smallest absolute Gasteiger partial charge is 0.406 e. The van der Waals surface area contributed by atoms with E-state index in [1.54, 1.807) is 0 Å². The highest BCUT2D eigenvalue weighted by Crippen LogP contribution is 2.34. The normalized spacial score (nSPS) is 17.4. The second-order valence-electron chi connectivity index (χ2n) is 9.22. The Morgan fingerprint density at radius 3 is 2.37 bits per heavy atom. The van der Waals surface area contributed by atoms with E-state index in [0.717, 1.165) is 38.5 Å². The Kier molecular flexibility index (Phi) is 7.90. The molecule has 186 valence electrons. The van der Waals surface area contributed by atoms with Crippen LogP contribution in [0.4, 0.5) is 13.2 Å². The third kappa shape index (κ3) is 7.18. The maximum Gasteiger partial charge on any atom is 0.573 e. The number of ether oxygens (including phenoxy) is 1. The molecule has 1 fully saturated rings. The average molecular weight is 486 g/mol. The van der Waals surface area contributed by atoms with Gasteiger partial charge in [0.25, 0.3) is 5.89 Å². The van der Waals surface area contributed by atoms with Crippen LogP contribution >= 0.6 is 0 Å². The number of nitrogens with zero attached hydrogens (tertiary/aromatic N) is 3. The number of rotatable bonds is 8. The standard InChI is InChI=1S/C27H30F3N3O2/c1-33(2)24(17-10-19-6-4-3-5-7-19)21-11-8-20(9-12-21)18-25-31-26(32-35-25)22-13-15-23(16-14-22)34-27(28,29)30/h3-7,13-16,18,21,24H,8-12,17H2,1-2H3. The molecule has 35 heavy (non-hydrogen) atoms. The molecule has 1 saturated carbocycles. The van der Waals surface area contributed by atoms with Gasteiger partial charge in [0, 0.05) is 17.7 Å². The first-order chi connectivity index (χ1) is 16.8. The maximum atomic E-state index is 12.3. The average Bonchev–Trinajstić information content (AvgIpc) is 3.29. The van der Waals surface area contributed by atoms with Crippen molar-refractivity contribution in [1.82, 2.24) is 15.0 Å². The van der Waals surface area contributed by atoms with Crippen LogP contribution < -0.4 is 4.74 Å². The molecule has 4 rings (SSSR count). The van der Waals surface area contributed by atoms with Crippen molar-refractivity contribution in [1.29, 1.82) is 0 Å². The lowest BCUT2D eigenvalue weighted by Gasteiger charge is -2.35. The van der Waals surface area contributed by atoms with E-state index in [-0.39, 0.29) is 5.75 Å². The van der Waals surface area contributed by atoms with Crippen molar-refractivity contribution in [3.63, 3.8) is 0 Å². The minimum atomic E-state index is -4.72. The number of allylic oxidation sites excluding steroid dienone is 1. The topological polar surface area (TPSA) is 51.4 Å². The summed E-state index contributed by atoms with van der Waals surface area (Å²) in [6.45, 7) is 0. The van der Waals surface area contributed by atoms with Gasteiger partial charge < -0.3 is 14.2 Å². The van der Waals surface area contributed by atoms with Gasteiger partial charge >= 0.3 is 6.36 Å². The Morgan fingerprint density at radius 2 is 1.74 bits per heavy atom. The lowest BCUT2D eigenvalue weighted by Crippen LogP contribution is -2.37. The number of hydrogen-bond donors (Lipinski definition) is 0. The summed E-state index contributed by atoms with van der Waals surface area (Å²) >= 11 is 0. The molecule has 1 aromatic heterocycles. The van der Waals surface area contributed by atoms with E-state index in [9.17, 15) is 13.2 Å². The highest BCUT2D eigenvalue weighted by atomic mass is 19.4. The molecule has 1 heterocycles. The van der Waals surface area contributed by atoms with E-state index in [1.807, 2.05) is 6.08 Å². The van der Waals surface area contributed by atoms with E-state index in [4.69, 9.17) is 4.52 Å².